The van der Waals surface area contributed by atoms with Gasteiger partial charge in [0.25, 0.3) is 10.0 Å². The van der Waals surface area contributed by atoms with Crippen LogP contribution in [-0.4, -0.2) is 53.3 Å². The Bertz CT molecular complexity index is 1090. The van der Waals surface area contributed by atoms with Gasteiger partial charge in [0, 0.05) is 18.9 Å². The minimum atomic E-state index is -5.08. The number of nitrogens with zero attached hydrogens (tertiary/aromatic N) is 2. The first-order valence-electron chi connectivity index (χ1n) is 10.0. The topological polar surface area (TPSA) is 128 Å². The number of hydrogen-bond acceptors (Lipinski definition) is 6. The van der Waals surface area contributed by atoms with Gasteiger partial charge in [0.05, 0.1) is 29.3 Å². The molecule has 0 saturated carbocycles. The van der Waals surface area contributed by atoms with Crippen molar-refractivity contribution in [3.05, 3.63) is 48.5 Å². The zero-order valence-corrected chi connectivity index (χ0v) is 18.1. The highest BCUT2D eigenvalue weighted by atomic mass is 32.2. The fourth-order valence-corrected chi connectivity index (χ4v) is 5.09. The molecule has 3 atom stereocenters. The van der Waals surface area contributed by atoms with E-state index < -0.39 is 34.0 Å². The number of aliphatic carboxylic acids is 1. The largest absolute Gasteiger partial charge is 0.490 e. The molecule has 2 fully saturated rings. The molecule has 33 heavy (non-hydrogen) atoms. The number of fused-ring (bicyclic) bond motifs is 2. The maximum atomic E-state index is 12.8. The molecule has 4 rings (SSSR count). The van der Waals surface area contributed by atoms with Gasteiger partial charge in [0.2, 0.25) is 5.91 Å². The molecule has 3 heterocycles. The fourth-order valence-electron chi connectivity index (χ4n) is 3.83. The van der Waals surface area contributed by atoms with Crippen molar-refractivity contribution < 1.29 is 41.0 Å². The monoisotopic (exact) mass is 489 g/mol. The van der Waals surface area contributed by atoms with E-state index in [9.17, 15) is 26.4 Å². The number of imidazole rings is 1. The summed E-state index contributed by atoms with van der Waals surface area (Å²) in [6.45, 7) is 0.363. The van der Waals surface area contributed by atoms with Crippen LogP contribution in [0.1, 0.15) is 31.2 Å². The molecule has 9 nitrogen and oxygen atoms in total. The van der Waals surface area contributed by atoms with Crippen molar-refractivity contribution in [3.8, 4) is 0 Å². The van der Waals surface area contributed by atoms with Gasteiger partial charge in [0.15, 0.2) is 0 Å². The van der Waals surface area contributed by atoms with Crippen LogP contribution in [0.25, 0.3) is 0 Å². The summed E-state index contributed by atoms with van der Waals surface area (Å²) in [4.78, 5) is 25.6. The molecule has 1 amide bonds. The molecule has 1 aromatic heterocycles. The maximum absolute atomic E-state index is 12.8. The molecule has 0 radical (unpaired) electrons. The number of alkyl halides is 3. The molecular weight excluding hydrogens is 467 g/mol. The van der Waals surface area contributed by atoms with Crippen molar-refractivity contribution in [2.45, 2.75) is 55.5 Å². The molecule has 0 unspecified atom stereocenters. The zero-order valence-electron chi connectivity index (χ0n) is 17.2. The van der Waals surface area contributed by atoms with Gasteiger partial charge in [0.1, 0.15) is 0 Å². The fraction of sp³-hybridized carbons (Fsp3) is 0.450. The molecule has 1 aromatic carbocycles. The summed E-state index contributed by atoms with van der Waals surface area (Å²) in [5.41, 5.74) is 0.603. The Kier molecular flexibility index (Phi) is 7.42. The van der Waals surface area contributed by atoms with Crippen LogP contribution in [-0.2, 0) is 30.9 Å². The van der Waals surface area contributed by atoms with E-state index in [1.807, 2.05) is 0 Å². The van der Waals surface area contributed by atoms with E-state index >= 15 is 0 Å². The Hall–Kier alpha value is -2.93. The maximum Gasteiger partial charge on any atom is 0.490 e. The predicted octanol–water partition coefficient (Wildman–Crippen LogP) is 2.33. The highest BCUT2D eigenvalue weighted by Crippen LogP contribution is 2.36. The summed E-state index contributed by atoms with van der Waals surface area (Å²) in [5.74, 6) is -3.62. The van der Waals surface area contributed by atoms with Crippen LogP contribution < -0.4 is 4.72 Å². The normalized spacial score (nSPS) is 22.2. The quantitative estimate of drug-likeness (QED) is 0.660. The summed E-state index contributed by atoms with van der Waals surface area (Å²) in [6.07, 6.45) is 3.27. The summed E-state index contributed by atoms with van der Waals surface area (Å²) in [7, 11) is -3.95. The third-order valence-corrected chi connectivity index (χ3v) is 6.82. The number of benzene rings is 1. The molecule has 180 valence electrons. The van der Waals surface area contributed by atoms with Crippen LogP contribution in [0.2, 0.25) is 0 Å². The summed E-state index contributed by atoms with van der Waals surface area (Å²) in [6, 6.07) is 6.69. The van der Waals surface area contributed by atoms with E-state index in [0.717, 1.165) is 19.3 Å². The molecular formula is C20H22F3N3O6S. The molecule has 0 spiro atoms. The third kappa shape index (κ3) is 6.32. The minimum Gasteiger partial charge on any atom is -0.475 e. The van der Waals surface area contributed by atoms with Gasteiger partial charge >= 0.3 is 12.1 Å². The first-order chi connectivity index (χ1) is 15.5. The van der Waals surface area contributed by atoms with Crippen LogP contribution in [0.15, 0.2) is 47.9 Å². The van der Waals surface area contributed by atoms with Crippen molar-refractivity contribution in [2.24, 2.45) is 5.92 Å². The number of carboxylic acid groups (broad SMARTS) is 1. The number of ether oxygens (including phenoxy) is 1. The lowest BCUT2D eigenvalue weighted by molar-refractivity contribution is -0.192. The van der Waals surface area contributed by atoms with E-state index in [0.29, 0.717) is 18.5 Å². The van der Waals surface area contributed by atoms with Gasteiger partial charge in [-0.3, -0.25) is 4.79 Å². The SMILES string of the molecule is O=C(NS(=O)(=O)c1ccccc1Cn1ccnc1)[C@@H]1CC[C@H]2CC[C@H]1O2.O=C(O)C(F)(F)F. The van der Waals surface area contributed by atoms with E-state index in [1.54, 1.807) is 41.5 Å². The van der Waals surface area contributed by atoms with Crippen LogP contribution in [0.5, 0.6) is 0 Å². The zero-order chi connectivity index (χ0) is 24.2. The predicted molar refractivity (Wildman–Crippen MR) is 107 cm³/mol. The molecule has 2 N–H and O–H groups in total. The standard InChI is InChI=1S/C18H21N3O4S.C2HF3O2/c22-18(15-7-5-14-6-8-16(15)25-14)20-26(23,24)17-4-2-1-3-13(17)11-21-10-9-19-12-21;3-2(4,5)1(6)7/h1-4,9-10,12,14-16H,5-8,11H2,(H,20,22);(H,6,7)/t14-,15+,16+;/m0./s1. The van der Waals surface area contributed by atoms with Crippen LogP contribution >= 0.6 is 0 Å². The van der Waals surface area contributed by atoms with Crippen LogP contribution in [0, 0.1) is 5.92 Å². The number of halogens is 3. The summed E-state index contributed by atoms with van der Waals surface area (Å²) >= 11 is 0. The number of carbonyl (C=O) groups excluding carboxylic acids is 1. The number of nitrogens with one attached hydrogen (secondary N) is 1. The van der Waals surface area contributed by atoms with Crippen molar-refractivity contribution >= 4 is 21.9 Å². The van der Waals surface area contributed by atoms with Crippen molar-refractivity contribution in [2.75, 3.05) is 0 Å². The number of rotatable bonds is 5. The Morgan fingerprint density at radius 2 is 1.85 bits per heavy atom. The lowest BCUT2D eigenvalue weighted by atomic mass is 9.95. The van der Waals surface area contributed by atoms with Crippen LogP contribution in [0.4, 0.5) is 13.2 Å². The number of hydrogen-bond donors (Lipinski definition) is 2. The lowest BCUT2D eigenvalue weighted by Gasteiger charge is -2.28. The number of aromatic nitrogens is 2. The van der Waals surface area contributed by atoms with Gasteiger partial charge in [-0.2, -0.15) is 13.2 Å². The average Bonchev–Trinajstić information content (AvgIpc) is 3.37. The summed E-state index contributed by atoms with van der Waals surface area (Å²) in [5, 5.41) is 7.12. The number of carbonyl (C=O) groups is 2. The highest BCUT2D eigenvalue weighted by Gasteiger charge is 2.41. The van der Waals surface area contributed by atoms with Gasteiger partial charge < -0.3 is 14.4 Å². The second kappa shape index (κ2) is 9.91. The van der Waals surface area contributed by atoms with E-state index in [4.69, 9.17) is 14.6 Å². The van der Waals surface area contributed by atoms with Gasteiger partial charge in [-0.1, -0.05) is 18.2 Å². The smallest absolute Gasteiger partial charge is 0.475 e. The van der Waals surface area contributed by atoms with Gasteiger partial charge in [-0.15, -0.1) is 0 Å². The number of carboxylic acids is 1. The Morgan fingerprint density at radius 1 is 1.18 bits per heavy atom. The number of amides is 1. The molecule has 2 saturated heterocycles. The van der Waals surface area contributed by atoms with Gasteiger partial charge in [-0.25, -0.2) is 22.9 Å². The molecule has 2 aliphatic rings. The molecule has 0 aliphatic carbocycles. The highest BCUT2D eigenvalue weighted by molar-refractivity contribution is 7.90. The Morgan fingerprint density at radius 3 is 2.48 bits per heavy atom. The minimum absolute atomic E-state index is 0.114. The number of sulfonamides is 1. The second-order valence-corrected chi connectivity index (χ2v) is 9.32. The van der Waals surface area contributed by atoms with Crippen molar-refractivity contribution in [1.29, 1.82) is 0 Å². The van der Waals surface area contributed by atoms with Crippen LogP contribution in [0.3, 0.4) is 0 Å². The molecule has 2 aromatic rings. The molecule has 2 aliphatic heterocycles. The van der Waals surface area contributed by atoms with E-state index in [2.05, 4.69) is 9.71 Å². The van der Waals surface area contributed by atoms with Crippen molar-refractivity contribution in [3.63, 3.8) is 0 Å². The Labute approximate surface area is 187 Å². The summed E-state index contributed by atoms with van der Waals surface area (Å²) < 4.78 is 67.3. The third-order valence-electron chi connectivity index (χ3n) is 5.38. The molecule has 13 heteroatoms. The van der Waals surface area contributed by atoms with E-state index in [-0.39, 0.29) is 17.1 Å². The first kappa shape index (κ1) is 24.7. The Balaban J connectivity index is 0.000000383. The van der Waals surface area contributed by atoms with E-state index in [1.165, 1.54) is 6.07 Å². The van der Waals surface area contributed by atoms with Crippen molar-refractivity contribution in [1.82, 2.24) is 14.3 Å². The average molecular weight is 489 g/mol. The second-order valence-electron chi connectivity index (χ2n) is 7.67. The lowest BCUT2D eigenvalue weighted by Crippen LogP contribution is -2.42. The molecule has 2 bridgehead atoms. The first-order valence-corrected chi connectivity index (χ1v) is 11.5. The van der Waals surface area contributed by atoms with Gasteiger partial charge in [-0.05, 0) is 37.3 Å².